The fourth-order valence-corrected chi connectivity index (χ4v) is 2.35. The van der Waals surface area contributed by atoms with E-state index in [9.17, 15) is 13.2 Å². The molecule has 108 valence electrons. The smallest absolute Gasteiger partial charge is 0.406 e. The van der Waals surface area contributed by atoms with Gasteiger partial charge >= 0.3 is 6.36 Å². The number of halogens is 3. The van der Waals surface area contributed by atoms with E-state index >= 15 is 0 Å². The molecule has 0 bridgehead atoms. The van der Waals surface area contributed by atoms with Gasteiger partial charge in [-0.15, -0.1) is 18.3 Å². The van der Waals surface area contributed by atoms with E-state index in [1.165, 1.54) is 23.7 Å². The first-order valence-corrected chi connectivity index (χ1v) is 6.54. The van der Waals surface area contributed by atoms with Gasteiger partial charge in [0.25, 0.3) is 0 Å². The Balaban J connectivity index is 2.03. The maximum atomic E-state index is 12.0. The summed E-state index contributed by atoms with van der Waals surface area (Å²) in [4.78, 5) is 0.975. The summed E-state index contributed by atoms with van der Waals surface area (Å²) in [5.74, 6) is -0.221. The van der Waals surface area contributed by atoms with E-state index in [0.29, 0.717) is 6.42 Å². The van der Waals surface area contributed by atoms with Gasteiger partial charge in [0.1, 0.15) is 5.75 Å². The fraction of sp³-hybridized carbons (Fsp3) is 0.333. The molecule has 2 rings (SSSR count). The molecule has 1 atom stereocenters. The van der Waals surface area contributed by atoms with Crippen LogP contribution in [0.15, 0.2) is 30.5 Å². The molecule has 1 aromatic heterocycles. The third-order valence-electron chi connectivity index (χ3n) is 2.67. The minimum atomic E-state index is -4.66. The van der Waals surface area contributed by atoms with Crippen molar-refractivity contribution in [3.8, 4) is 5.75 Å². The number of hydrogen-bond acceptors (Lipinski definition) is 5. The van der Waals surface area contributed by atoms with Crippen LogP contribution in [0.25, 0.3) is 0 Å². The summed E-state index contributed by atoms with van der Waals surface area (Å²) >= 11 is 1.29. The topological polar surface area (TPSA) is 47.0 Å². The van der Waals surface area contributed by atoms with Crippen LogP contribution < -0.4 is 10.1 Å². The van der Waals surface area contributed by atoms with E-state index in [-0.39, 0.29) is 11.8 Å². The van der Waals surface area contributed by atoms with Crippen LogP contribution in [0.3, 0.4) is 0 Å². The number of hydrogen-bond donors (Lipinski definition) is 1. The van der Waals surface area contributed by atoms with Crippen molar-refractivity contribution in [3.63, 3.8) is 0 Å². The fourth-order valence-electron chi connectivity index (χ4n) is 1.74. The molecule has 0 radical (unpaired) electrons. The maximum Gasteiger partial charge on any atom is 0.573 e. The highest BCUT2D eigenvalue weighted by Crippen LogP contribution is 2.25. The monoisotopic (exact) mass is 303 g/mol. The third kappa shape index (κ3) is 4.17. The molecule has 0 aliphatic carbocycles. The van der Waals surface area contributed by atoms with Crippen LogP contribution in [0.2, 0.25) is 0 Å². The maximum absolute atomic E-state index is 12.0. The third-order valence-corrected chi connectivity index (χ3v) is 3.44. The molecule has 0 amide bonds. The van der Waals surface area contributed by atoms with Crippen LogP contribution in [-0.2, 0) is 6.42 Å². The van der Waals surface area contributed by atoms with E-state index in [1.807, 2.05) is 7.05 Å². The SMILES string of the molecule is CNC(Cc1ccc(OC(F)(F)F)cc1)c1cnns1. The lowest BCUT2D eigenvalue weighted by Gasteiger charge is -2.14. The average molecular weight is 303 g/mol. The zero-order valence-electron chi connectivity index (χ0n) is 10.5. The molecule has 0 aliphatic rings. The molecule has 2 aromatic rings. The molecule has 0 spiro atoms. The summed E-state index contributed by atoms with van der Waals surface area (Å²) in [6.45, 7) is 0. The van der Waals surface area contributed by atoms with Crippen molar-refractivity contribution < 1.29 is 17.9 Å². The molecular formula is C12H12F3N3OS. The highest BCUT2D eigenvalue weighted by molar-refractivity contribution is 7.05. The Morgan fingerprint density at radius 3 is 2.50 bits per heavy atom. The summed E-state index contributed by atoms with van der Waals surface area (Å²) < 4.78 is 43.8. The minimum absolute atomic E-state index is 0.0318. The minimum Gasteiger partial charge on any atom is -0.406 e. The van der Waals surface area contributed by atoms with Crippen molar-refractivity contribution in [1.82, 2.24) is 14.9 Å². The first kappa shape index (κ1) is 14.7. The van der Waals surface area contributed by atoms with Gasteiger partial charge in [-0.2, -0.15) is 0 Å². The Labute approximate surface area is 117 Å². The lowest BCUT2D eigenvalue weighted by molar-refractivity contribution is -0.274. The quantitative estimate of drug-likeness (QED) is 0.922. The van der Waals surface area contributed by atoms with Crippen molar-refractivity contribution in [2.45, 2.75) is 18.8 Å². The molecule has 4 nitrogen and oxygen atoms in total. The van der Waals surface area contributed by atoms with Gasteiger partial charge in [-0.3, -0.25) is 0 Å². The normalized spacial score (nSPS) is 13.2. The number of nitrogens with zero attached hydrogens (tertiary/aromatic N) is 2. The molecule has 1 N–H and O–H groups in total. The lowest BCUT2D eigenvalue weighted by atomic mass is 10.1. The number of rotatable bonds is 5. The van der Waals surface area contributed by atoms with Gasteiger partial charge in [-0.05, 0) is 42.7 Å². The first-order chi connectivity index (χ1) is 9.48. The van der Waals surface area contributed by atoms with Gasteiger partial charge in [0.05, 0.1) is 11.1 Å². The number of ether oxygens (including phenoxy) is 1. The predicted molar refractivity (Wildman–Crippen MR) is 68.5 cm³/mol. The van der Waals surface area contributed by atoms with Crippen LogP contribution in [-0.4, -0.2) is 23.0 Å². The van der Waals surface area contributed by atoms with Crippen molar-refractivity contribution in [3.05, 3.63) is 40.9 Å². The van der Waals surface area contributed by atoms with Gasteiger partial charge in [-0.1, -0.05) is 16.6 Å². The second-order valence-corrected chi connectivity index (χ2v) is 4.87. The van der Waals surface area contributed by atoms with Crippen LogP contribution in [0, 0.1) is 0 Å². The molecule has 8 heteroatoms. The van der Waals surface area contributed by atoms with Gasteiger partial charge in [-0.25, -0.2) is 0 Å². The molecule has 1 unspecified atom stereocenters. The highest BCUT2D eigenvalue weighted by Gasteiger charge is 2.30. The highest BCUT2D eigenvalue weighted by atomic mass is 32.1. The number of nitrogens with one attached hydrogen (secondary N) is 1. The number of aromatic nitrogens is 2. The summed E-state index contributed by atoms with van der Waals surface area (Å²) in [5, 5.41) is 6.90. The van der Waals surface area contributed by atoms with Crippen molar-refractivity contribution >= 4 is 11.5 Å². The van der Waals surface area contributed by atoms with Gasteiger partial charge in [0.2, 0.25) is 0 Å². The summed E-state index contributed by atoms with van der Waals surface area (Å²) in [6, 6.07) is 5.87. The molecular weight excluding hydrogens is 291 g/mol. The predicted octanol–water partition coefficient (Wildman–Crippen LogP) is 2.94. The molecule has 20 heavy (non-hydrogen) atoms. The number of likely N-dealkylation sites (N-methyl/N-ethyl adjacent to an activating group) is 1. The van der Waals surface area contributed by atoms with Crippen molar-refractivity contribution in [2.75, 3.05) is 7.05 Å². The van der Waals surface area contributed by atoms with Crippen LogP contribution in [0.1, 0.15) is 16.5 Å². The Morgan fingerprint density at radius 1 is 1.30 bits per heavy atom. The molecule has 0 saturated carbocycles. The number of alkyl halides is 3. The summed E-state index contributed by atoms with van der Waals surface area (Å²) in [5.41, 5.74) is 0.896. The Hall–Kier alpha value is -1.67. The van der Waals surface area contributed by atoms with Gasteiger partial charge in [0, 0.05) is 6.04 Å². The van der Waals surface area contributed by atoms with Crippen LogP contribution in [0.4, 0.5) is 13.2 Å². The van der Waals surface area contributed by atoms with Crippen LogP contribution >= 0.6 is 11.5 Å². The Kier molecular flexibility index (Phi) is 4.56. The standard InChI is InChI=1S/C12H12F3N3OS/c1-16-10(11-7-17-18-20-11)6-8-2-4-9(5-3-8)19-12(13,14)15/h2-5,7,10,16H,6H2,1H3. The Morgan fingerprint density at radius 2 is 2.00 bits per heavy atom. The molecule has 1 aromatic carbocycles. The Bertz CT molecular complexity index is 528. The lowest BCUT2D eigenvalue weighted by Crippen LogP contribution is -2.18. The van der Waals surface area contributed by atoms with E-state index < -0.39 is 6.36 Å². The summed E-state index contributed by atoms with van der Waals surface area (Å²) in [6.07, 6.45) is -2.36. The van der Waals surface area contributed by atoms with E-state index in [4.69, 9.17) is 0 Å². The second kappa shape index (κ2) is 6.19. The zero-order valence-corrected chi connectivity index (χ0v) is 11.3. The summed E-state index contributed by atoms with van der Waals surface area (Å²) in [7, 11) is 1.81. The molecule has 0 saturated heterocycles. The first-order valence-electron chi connectivity index (χ1n) is 5.77. The zero-order chi connectivity index (χ0) is 14.6. The van der Waals surface area contributed by atoms with E-state index in [0.717, 1.165) is 10.4 Å². The molecule has 0 fully saturated rings. The van der Waals surface area contributed by atoms with Crippen LogP contribution in [0.5, 0.6) is 5.75 Å². The molecule has 1 heterocycles. The second-order valence-electron chi connectivity index (χ2n) is 4.06. The van der Waals surface area contributed by atoms with Crippen molar-refractivity contribution in [2.24, 2.45) is 0 Å². The van der Waals surface area contributed by atoms with E-state index in [1.54, 1.807) is 18.3 Å². The van der Waals surface area contributed by atoms with E-state index in [2.05, 4.69) is 19.6 Å². The van der Waals surface area contributed by atoms with Gasteiger partial charge < -0.3 is 10.1 Å². The van der Waals surface area contributed by atoms with Gasteiger partial charge in [0.15, 0.2) is 0 Å². The molecule has 0 aliphatic heterocycles. The average Bonchev–Trinajstić information content (AvgIpc) is 2.90. The largest absolute Gasteiger partial charge is 0.573 e. The number of benzene rings is 1. The van der Waals surface area contributed by atoms with Crippen molar-refractivity contribution in [1.29, 1.82) is 0 Å².